The summed E-state index contributed by atoms with van der Waals surface area (Å²) in [6, 6.07) is 9.10. The zero-order valence-electron chi connectivity index (χ0n) is 15.9. The van der Waals surface area contributed by atoms with Gasteiger partial charge in [-0.3, -0.25) is 9.59 Å². The molecule has 0 aliphatic carbocycles. The number of ether oxygens (including phenoxy) is 2. The van der Waals surface area contributed by atoms with Crippen LogP contribution in [-0.4, -0.2) is 30.4 Å². The van der Waals surface area contributed by atoms with Crippen LogP contribution in [0.15, 0.2) is 30.3 Å². The maximum absolute atomic E-state index is 12.9. The van der Waals surface area contributed by atoms with Crippen LogP contribution < -0.4 is 10.1 Å². The van der Waals surface area contributed by atoms with Crippen LogP contribution in [0.5, 0.6) is 5.75 Å². The van der Waals surface area contributed by atoms with E-state index in [1.54, 1.807) is 13.0 Å². The molecule has 5 nitrogen and oxygen atoms in total. The minimum atomic E-state index is -0.846. The van der Waals surface area contributed by atoms with Crippen molar-refractivity contribution >= 4 is 23.4 Å². The van der Waals surface area contributed by atoms with E-state index in [1.165, 1.54) is 0 Å². The van der Waals surface area contributed by atoms with Crippen molar-refractivity contribution in [3.05, 3.63) is 52.0 Å². The van der Waals surface area contributed by atoms with E-state index >= 15 is 0 Å². The van der Waals surface area contributed by atoms with Gasteiger partial charge in [0, 0.05) is 16.1 Å². The Balaban J connectivity index is 1.58. The monoisotopic (exact) mass is 399 g/mol. The summed E-state index contributed by atoms with van der Waals surface area (Å²) in [7, 11) is 0. The van der Waals surface area contributed by atoms with Gasteiger partial charge in [-0.15, -0.1) is 0 Å². The molecule has 2 aliphatic rings. The minimum Gasteiger partial charge on any atom is -0.488 e. The van der Waals surface area contributed by atoms with Crippen molar-refractivity contribution in [3.63, 3.8) is 0 Å². The van der Waals surface area contributed by atoms with E-state index in [0.29, 0.717) is 22.9 Å². The van der Waals surface area contributed by atoms with Crippen LogP contribution in [0.2, 0.25) is 5.02 Å². The van der Waals surface area contributed by atoms with Gasteiger partial charge in [0.15, 0.2) is 6.10 Å². The molecule has 1 N–H and O–H groups in total. The van der Waals surface area contributed by atoms with Gasteiger partial charge >= 0.3 is 5.97 Å². The van der Waals surface area contributed by atoms with Gasteiger partial charge in [0.25, 0.3) is 0 Å². The third-order valence-electron chi connectivity index (χ3n) is 5.34. The highest BCUT2D eigenvalue weighted by molar-refractivity contribution is 6.30. The molecule has 4 rings (SSSR count). The number of hydrogen-bond donors (Lipinski definition) is 1. The molecule has 0 radical (unpaired) electrons. The van der Waals surface area contributed by atoms with Crippen LogP contribution in [0.4, 0.5) is 0 Å². The van der Waals surface area contributed by atoms with Crippen LogP contribution in [0.3, 0.4) is 0 Å². The third kappa shape index (κ3) is 3.52. The molecular formula is C22H22ClNO4. The van der Waals surface area contributed by atoms with E-state index in [-0.39, 0.29) is 17.8 Å². The Morgan fingerprint density at radius 3 is 2.82 bits per heavy atom. The van der Waals surface area contributed by atoms with Gasteiger partial charge in [-0.25, -0.2) is 0 Å². The number of rotatable bonds is 4. The topological polar surface area (TPSA) is 64.6 Å². The summed E-state index contributed by atoms with van der Waals surface area (Å²) in [6.45, 7) is 4.70. The smallest absolute Gasteiger partial charge is 0.323 e. The second-order valence-corrected chi connectivity index (χ2v) is 7.78. The molecular weight excluding hydrogens is 378 g/mol. The number of hydrogen-bond acceptors (Lipinski definition) is 5. The number of esters is 1. The lowest BCUT2D eigenvalue weighted by Gasteiger charge is -2.23. The zero-order chi connectivity index (χ0) is 19.8. The summed E-state index contributed by atoms with van der Waals surface area (Å²) < 4.78 is 11.3. The molecule has 0 spiro atoms. The highest BCUT2D eigenvalue weighted by Gasteiger charge is 2.29. The standard InChI is InChI=1S/C22H22ClNO4/c1-12-8-18-16-6-5-15(23)9-14(16)11-27-20(18)10-17(12)21(25)13(2)28-22(26)19-4-3-7-24-19/h5-6,8-10,13,19,24H,3-4,7,11H2,1-2H3. The van der Waals surface area contributed by atoms with Crippen LogP contribution in [-0.2, 0) is 16.1 Å². The molecule has 2 aromatic rings. The number of nitrogens with one attached hydrogen (secondary N) is 1. The lowest BCUT2D eigenvalue weighted by atomic mass is 9.92. The maximum atomic E-state index is 12.9. The van der Waals surface area contributed by atoms with Crippen LogP contribution >= 0.6 is 11.6 Å². The van der Waals surface area contributed by atoms with Gasteiger partial charge in [-0.05, 0) is 74.2 Å². The first-order valence-corrected chi connectivity index (χ1v) is 9.86. The SMILES string of the molecule is Cc1cc2c(cc1C(=O)C(C)OC(=O)C1CCCN1)OCc1cc(Cl)ccc1-2. The molecule has 1 saturated heterocycles. The zero-order valence-corrected chi connectivity index (χ0v) is 16.6. The molecule has 6 heteroatoms. The fourth-order valence-corrected chi connectivity index (χ4v) is 3.99. The van der Waals surface area contributed by atoms with Crippen LogP contribution in [0, 0.1) is 6.92 Å². The highest BCUT2D eigenvalue weighted by atomic mass is 35.5. The number of carbonyl (C=O) groups is 2. The molecule has 1 fully saturated rings. The third-order valence-corrected chi connectivity index (χ3v) is 5.57. The predicted molar refractivity (Wildman–Crippen MR) is 107 cm³/mol. The van der Waals surface area contributed by atoms with Gasteiger partial charge in [0.1, 0.15) is 18.4 Å². The van der Waals surface area contributed by atoms with Crippen molar-refractivity contribution in [2.45, 2.75) is 45.4 Å². The van der Waals surface area contributed by atoms with Crippen molar-refractivity contribution < 1.29 is 19.1 Å². The summed E-state index contributed by atoms with van der Waals surface area (Å²) in [4.78, 5) is 25.1. The highest BCUT2D eigenvalue weighted by Crippen LogP contribution is 2.40. The summed E-state index contributed by atoms with van der Waals surface area (Å²) in [5.41, 5.74) is 4.34. The van der Waals surface area contributed by atoms with E-state index < -0.39 is 6.10 Å². The molecule has 0 aromatic heterocycles. The average molecular weight is 400 g/mol. The van der Waals surface area contributed by atoms with Crippen molar-refractivity contribution in [1.29, 1.82) is 0 Å². The summed E-state index contributed by atoms with van der Waals surface area (Å²) >= 11 is 6.08. The Morgan fingerprint density at radius 2 is 2.07 bits per heavy atom. The van der Waals surface area contributed by atoms with Crippen molar-refractivity contribution in [2.75, 3.05) is 6.54 Å². The average Bonchev–Trinajstić information content (AvgIpc) is 3.21. The second kappa shape index (κ2) is 7.57. The Morgan fingerprint density at radius 1 is 1.25 bits per heavy atom. The molecule has 2 aromatic carbocycles. The van der Waals surface area contributed by atoms with E-state index in [4.69, 9.17) is 21.1 Å². The summed E-state index contributed by atoms with van der Waals surface area (Å²) in [6.07, 6.45) is 0.839. The Kier molecular flexibility index (Phi) is 5.13. The van der Waals surface area contributed by atoms with Gasteiger partial charge in [0.2, 0.25) is 5.78 Å². The van der Waals surface area contributed by atoms with Crippen LogP contribution in [0.1, 0.15) is 41.3 Å². The first-order valence-electron chi connectivity index (χ1n) is 9.48. The number of ketones is 1. The molecule has 2 heterocycles. The molecule has 146 valence electrons. The van der Waals surface area contributed by atoms with E-state index in [2.05, 4.69) is 5.32 Å². The molecule has 2 unspecified atom stereocenters. The number of benzene rings is 2. The number of Topliss-reactive ketones (excluding diaryl/α,β-unsaturated/α-hetero) is 1. The molecule has 0 saturated carbocycles. The fourth-order valence-electron chi connectivity index (χ4n) is 3.80. The quantitative estimate of drug-likeness (QED) is 0.620. The van der Waals surface area contributed by atoms with Crippen molar-refractivity contribution in [2.24, 2.45) is 0 Å². The van der Waals surface area contributed by atoms with Gasteiger partial charge in [-0.1, -0.05) is 17.7 Å². The molecule has 2 atom stereocenters. The lowest BCUT2D eigenvalue weighted by molar-refractivity contribution is -0.148. The first kappa shape index (κ1) is 19.0. The molecule has 0 bridgehead atoms. The number of fused-ring (bicyclic) bond motifs is 3. The molecule has 2 aliphatic heterocycles. The van der Waals surface area contributed by atoms with Crippen molar-refractivity contribution in [3.8, 4) is 16.9 Å². The van der Waals surface area contributed by atoms with Gasteiger partial charge in [0.05, 0.1) is 0 Å². The fraction of sp³-hybridized carbons (Fsp3) is 0.364. The molecule has 0 amide bonds. The predicted octanol–water partition coefficient (Wildman–Crippen LogP) is 4.07. The van der Waals surface area contributed by atoms with Gasteiger partial charge < -0.3 is 14.8 Å². The lowest BCUT2D eigenvalue weighted by Crippen LogP contribution is -2.36. The summed E-state index contributed by atoms with van der Waals surface area (Å²) in [5.74, 6) is 0.0629. The van der Waals surface area contributed by atoms with E-state index in [1.807, 2.05) is 31.2 Å². The number of aryl methyl sites for hydroxylation is 1. The number of halogens is 1. The minimum absolute atomic E-state index is 0.225. The second-order valence-electron chi connectivity index (χ2n) is 7.35. The molecule has 28 heavy (non-hydrogen) atoms. The summed E-state index contributed by atoms with van der Waals surface area (Å²) in [5, 5.41) is 3.76. The van der Waals surface area contributed by atoms with Crippen molar-refractivity contribution in [1.82, 2.24) is 5.32 Å². The Hall–Kier alpha value is -2.37. The normalized spacial score (nSPS) is 18.6. The van der Waals surface area contributed by atoms with E-state index in [9.17, 15) is 9.59 Å². The van der Waals surface area contributed by atoms with E-state index in [0.717, 1.165) is 41.6 Å². The Labute approximate surface area is 169 Å². The van der Waals surface area contributed by atoms with Gasteiger partial charge in [-0.2, -0.15) is 0 Å². The Bertz CT molecular complexity index is 950. The number of carbonyl (C=O) groups excluding carboxylic acids is 2. The van der Waals surface area contributed by atoms with Crippen LogP contribution in [0.25, 0.3) is 11.1 Å². The first-order chi connectivity index (χ1) is 13.4. The largest absolute Gasteiger partial charge is 0.488 e. The maximum Gasteiger partial charge on any atom is 0.323 e.